The van der Waals surface area contributed by atoms with Crippen molar-refractivity contribution in [1.82, 2.24) is 5.32 Å². The molecule has 0 fully saturated rings. The average Bonchev–Trinajstić information content (AvgIpc) is 2.26. The highest BCUT2D eigenvalue weighted by Gasteiger charge is 2.15. The molecule has 4 heteroatoms. The lowest BCUT2D eigenvalue weighted by Crippen LogP contribution is -2.42. The lowest BCUT2D eigenvalue weighted by atomic mass is 10.1. The van der Waals surface area contributed by atoms with Gasteiger partial charge in [-0.05, 0) is 39.8 Å². The fraction of sp³-hybridized carbons (Fsp3) is 0.571. The molecule has 1 aromatic rings. The molecule has 0 saturated carbocycles. The zero-order valence-electron chi connectivity index (χ0n) is 11.6. The van der Waals surface area contributed by atoms with E-state index in [1.807, 2.05) is 52.0 Å². The van der Waals surface area contributed by atoms with E-state index in [1.54, 1.807) is 0 Å². The van der Waals surface area contributed by atoms with Gasteiger partial charge in [-0.15, -0.1) is 0 Å². The molecule has 0 saturated heterocycles. The first kappa shape index (κ1) is 15.3. The van der Waals surface area contributed by atoms with Crippen LogP contribution in [-0.2, 0) is 10.8 Å². The molecule has 0 aliphatic rings. The molecule has 2 atom stereocenters. The normalized spacial score (nSPS) is 15.4. The second-order valence-electron chi connectivity index (χ2n) is 5.61. The molecule has 18 heavy (non-hydrogen) atoms. The van der Waals surface area contributed by atoms with Crippen LogP contribution in [0.3, 0.4) is 0 Å². The third kappa shape index (κ3) is 5.76. The van der Waals surface area contributed by atoms with Crippen LogP contribution >= 0.6 is 0 Å². The van der Waals surface area contributed by atoms with Gasteiger partial charge in [-0.25, -0.2) is 0 Å². The SMILES string of the molecule is Cc1ccc(S(=O)CC(O)CNC(C)(C)C)cc1. The van der Waals surface area contributed by atoms with Crippen LogP contribution in [-0.4, -0.2) is 33.3 Å². The summed E-state index contributed by atoms with van der Waals surface area (Å²) in [6.45, 7) is 8.57. The summed E-state index contributed by atoms with van der Waals surface area (Å²) in [6, 6.07) is 7.59. The molecule has 0 amide bonds. The van der Waals surface area contributed by atoms with Gasteiger partial charge in [-0.1, -0.05) is 17.7 Å². The van der Waals surface area contributed by atoms with E-state index in [0.29, 0.717) is 6.54 Å². The summed E-state index contributed by atoms with van der Waals surface area (Å²) < 4.78 is 12.0. The number of β-amino-alcohol motifs (C(OH)–C–C–N with tert-alkyl or cyclic N) is 1. The van der Waals surface area contributed by atoms with Gasteiger partial charge in [0.2, 0.25) is 0 Å². The molecule has 102 valence electrons. The smallest absolute Gasteiger partial charge is 0.0783 e. The lowest BCUT2D eigenvalue weighted by molar-refractivity contribution is 0.182. The molecule has 0 heterocycles. The van der Waals surface area contributed by atoms with Gasteiger partial charge in [0.25, 0.3) is 0 Å². The number of hydrogen-bond donors (Lipinski definition) is 2. The fourth-order valence-corrected chi connectivity index (χ4v) is 2.54. The fourth-order valence-electron chi connectivity index (χ4n) is 1.44. The Hall–Kier alpha value is -0.710. The van der Waals surface area contributed by atoms with E-state index in [1.165, 1.54) is 0 Å². The van der Waals surface area contributed by atoms with Crippen molar-refractivity contribution in [3.05, 3.63) is 29.8 Å². The Kier molecular flexibility index (Phi) is 5.50. The van der Waals surface area contributed by atoms with Crippen LogP contribution in [0, 0.1) is 6.92 Å². The Morgan fingerprint density at radius 1 is 1.28 bits per heavy atom. The number of rotatable bonds is 5. The third-order valence-electron chi connectivity index (χ3n) is 2.50. The van der Waals surface area contributed by atoms with E-state index in [9.17, 15) is 9.32 Å². The van der Waals surface area contributed by atoms with Crippen molar-refractivity contribution >= 4 is 10.8 Å². The van der Waals surface area contributed by atoms with Gasteiger partial charge < -0.3 is 10.4 Å². The molecule has 0 radical (unpaired) electrons. The Morgan fingerprint density at radius 2 is 1.83 bits per heavy atom. The van der Waals surface area contributed by atoms with Crippen LogP contribution in [0.1, 0.15) is 26.3 Å². The molecule has 2 unspecified atom stereocenters. The molecule has 0 aromatic heterocycles. The Morgan fingerprint density at radius 3 is 2.33 bits per heavy atom. The molecule has 0 aliphatic carbocycles. The van der Waals surface area contributed by atoms with Crippen molar-refractivity contribution in [2.75, 3.05) is 12.3 Å². The largest absolute Gasteiger partial charge is 0.391 e. The van der Waals surface area contributed by atoms with Gasteiger partial charge in [0, 0.05) is 17.0 Å². The van der Waals surface area contributed by atoms with Gasteiger partial charge in [-0.2, -0.15) is 0 Å². The molecular weight excluding hydrogens is 246 g/mol. The standard InChI is InChI=1S/C14H23NO2S/c1-11-5-7-13(8-6-11)18(17)10-12(16)9-15-14(2,3)4/h5-8,12,15-16H,9-10H2,1-4H3. The monoisotopic (exact) mass is 269 g/mol. The van der Waals surface area contributed by atoms with Crippen LogP contribution in [0.25, 0.3) is 0 Å². The Bertz CT molecular complexity index is 395. The first-order valence-corrected chi connectivity index (χ1v) is 7.48. The molecular formula is C14H23NO2S. The highest BCUT2D eigenvalue weighted by Crippen LogP contribution is 2.09. The summed E-state index contributed by atoms with van der Waals surface area (Å²) in [5.74, 6) is 0.270. The van der Waals surface area contributed by atoms with Crippen molar-refractivity contribution in [2.45, 2.75) is 44.2 Å². The third-order valence-corrected chi connectivity index (χ3v) is 3.98. The molecule has 1 aromatic carbocycles. The molecule has 2 N–H and O–H groups in total. The number of aryl methyl sites for hydroxylation is 1. The van der Waals surface area contributed by atoms with Crippen molar-refractivity contribution in [3.63, 3.8) is 0 Å². The molecule has 1 rings (SSSR count). The maximum atomic E-state index is 12.0. The van der Waals surface area contributed by atoms with Crippen molar-refractivity contribution in [2.24, 2.45) is 0 Å². The summed E-state index contributed by atoms with van der Waals surface area (Å²) in [7, 11) is -1.14. The number of aliphatic hydroxyl groups is 1. The van der Waals surface area contributed by atoms with Crippen LogP contribution in [0.4, 0.5) is 0 Å². The van der Waals surface area contributed by atoms with Crippen LogP contribution in [0.5, 0.6) is 0 Å². The van der Waals surface area contributed by atoms with Crippen LogP contribution in [0.2, 0.25) is 0 Å². The molecule has 3 nitrogen and oxygen atoms in total. The summed E-state index contributed by atoms with van der Waals surface area (Å²) in [4.78, 5) is 0.774. The summed E-state index contributed by atoms with van der Waals surface area (Å²) in [5, 5.41) is 13.0. The van der Waals surface area contributed by atoms with E-state index < -0.39 is 16.9 Å². The van der Waals surface area contributed by atoms with E-state index >= 15 is 0 Å². The Balaban J connectivity index is 2.47. The number of nitrogens with one attached hydrogen (secondary N) is 1. The first-order valence-electron chi connectivity index (χ1n) is 6.16. The second-order valence-corrected chi connectivity index (χ2v) is 7.11. The highest BCUT2D eigenvalue weighted by atomic mass is 32.2. The van der Waals surface area contributed by atoms with Crippen molar-refractivity contribution < 1.29 is 9.32 Å². The van der Waals surface area contributed by atoms with Crippen LogP contribution < -0.4 is 5.32 Å². The van der Waals surface area contributed by atoms with E-state index in [0.717, 1.165) is 10.5 Å². The zero-order chi connectivity index (χ0) is 13.8. The predicted molar refractivity (Wildman–Crippen MR) is 76.2 cm³/mol. The molecule has 0 bridgehead atoms. The average molecular weight is 269 g/mol. The van der Waals surface area contributed by atoms with Crippen molar-refractivity contribution in [1.29, 1.82) is 0 Å². The summed E-state index contributed by atoms with van der Waals surface area (Å²) >= 11 is 0. The van der Waals surface area contributed by atoms with E-state index in [2.05, 4.69) is 5.32 Å². The molecule has 0 spiro atoms. The second kappa shape index (κ2) is 6.45. The van der Waals surface area contributed by atoms with Gasteiger partial charge in [-0.3, -0.25) is 4.21 Å². The maximum Gasteiger partial charge on any atom is 0.0783 e. The first-order chi connectivity index (χ1) is 8.28. The topological polar surface area (TPSA) is 49.3 Å². The lowest BCUT2D eigenvalue weighted by Gasteiger charge is -2.22. The Labute approximate surface area is 112 Å². The molecule has 0 aliphatic heterocycles. The minimum atomic E-state index is -1.14. The van der Waals surface area contributed by atoms with Gasteiger partial charge in [0.1, 0.15) is 0 Å². The minimum Gasteiger partial charge on any atom is -0.391 e. The maximum absolute atomic E-state index is 12.0. The minimum absolute atomic E-state index is 0.0354. The van der Waals surface area contributed by atoms with Gasteiger partial charge in [0.15, 0.2) is 0 Å². The van der Waals surface area contributed by atoms with Crippen LogP contribution in [0.15, 0.2) is 29.2 Å². The number of hydrogen-bond acceptors (Lipinski definition) is 3. The van der Waals surface area contributed by atoms with Crippen molar-refractivity contribution in [3.8, 4) is 0 Å². The van der Waals surface area contributed by atoms with E-state index in [4.69, 9.17) is 0 Å². The van der Waals surface area contributed by atoms with E-state index in [-0.39, 0.29) is 11.3 Å². The zero-order valence-corrected chi connectivity index (χ0v) is 12.4. The van der Waals surface area contributed by atoms with Gasteiger partial charge >= 0.3 is 0 Å². The quantitative estimate of drug-likeness (QED) is 0.857. The predicted octanol–water partition coefficient (Wildman–Crippen LogP) is 1.85. The number of aliphatic hydroxyl groups excluding tert-OH is 1. The summed E-state index contributed by atoms with van der Waals surface area (Å²) in [5.41, 5.74) is 1.11. The van der Waals surface area contributed by atoms with Gasteiger partial charge in [0.05, 0.1) is 22.7 Å². The summed E-state index contributed by atoms with van der Waals surface area (Å²) in [6.07, 6.45) is -0.591. The highest BCUT2D eigenvalue weighted by molar-refractivity contribution is 7.85. The number of benzene rings is 1.